The Balaban J connectivity index is 7.24. The number of hydrogen-bond donors (Lipinski definition) is 4. The van der Waals surface area contributed by atoms with E-state index < -0.39 is 61.2 Å². The maximum Gasteiger partial charge on any atom is 0.342 e. The van der Waals surface area contributed by atoms with E-state index in [-0.39, 0.29) is 0 Å². The highest BCUT2D eigenvalue weighted by molar-refractivity contribution is 8.06. The van der Waals surface area contributed by atoms with Crippen molar-refractivity contribution in [1.29, 1.82) is 0 Å². The monoisotopic (exact) mass is 418 g/mol. The van der Waals surface area contributed by atoms with Gasteiger partial charge in [0.1, 0.15) is 0 Å². The Hall–Kier alpha value is -0.920. The summed E-state index contributed by atoms with van der Waals surface area (Å²) in [7, 11) is -24.7. The molecule has 0 atom stereocenters. The van der Waals surface area contributed by atoms with Gasteiger partial charge in [0.25, 0.3) is 0 Å². The van der Waals surface area contributed by atoms with Gasteiger partial charge in [-0.2, -0.15) is 33.7 Å². The van der Waals surface area contributed by atoms with Crippen LogP contribution < -0.4 is 0 Å². The van der Waals surface area contributed by atoms with Crippen LogP contribution in [0.1, 0.15) is 0 Å². The SMILES string of the molecule is C=CC(OC(C=C)(S(=O)(=O)O)S(=O)(=O)O)(S(=O)(=O)O)S(=O)(=O)O. The minimum absolute atomic E-state index is 0.410. The summed E-state index contributed by atoms with van der Waals surface area (Å²) in [6, 6.07) is 0. The van der Waals surface area contributed by atoms with Crippen molar-refractivity contribution in [3.63, 3.8) is 0 Å². The van der Waals surface area contributed by atoms with Crippen molar-refractivity contribution < 1.29 is 56.6 Å². The van der Waals surface area contributed by atoms with E-state index in [0.29, 0.717) is 0 Å². The van der Waals surface area contributed by atoms with Gasteiger partial charge in [0.2, 0.25) is 0 Å². The van der Waals surface area contributed by atoms with Crippen molar-refractivity contribution in [2.75, 3.05) is 0 Å². The molecular weight excluding hydrogens is 408 g/mol. The largest absolute Gasteiger partial charge is 0.342 e. The molecule has 0 aliphatic rings. The van der Waals surface area contributed by atoms with E-state index in [1.165, 1.54) is 0 Å². The van der Waals surface area contributed by atoms with Gasteiger partial charge in [-0.1, -0.05) is 13.2 Å². The van der Waals surface area contributed by atoms with Crippen LogP contribution in [0.2, 0.25) is 0 Å². The molecule has 17 heteroatoms. The summed E-state index contributed by atoms with van der Waals surface area (Å²) in [5, 5.41) is 0. The smallest absolute Gasteiger partial charge is 0.296 e. The van der Waals surface area contributed by atoms with Gasteiger partial charge in [0, 0.05) is 0 Å². The molecule has 0 unspecified atom stereocenters. The van der Waals surface area contributed by atoms with E-state index in [1.54, 1.807) is 0 Å². The molecule has 0 bridgehead atoms. The fourth-order valence-corrected chi connectivity index (χ4v) is 5.31. The summed E-state index contributed by atoms with van der Waals surface area (Å²) in [6.07, 6.45) is -0.821. The normalized spacial score (nSPS) is 15.1. The summed E-state index contributed by atoms with van der Waals surface area (Å²) in [6.45, 7) is 5.12. The average Bonchev–Trinajstić information content (AvgIpc) is 2.23. The van der Waals surface area contributed by atoms with Gasteiger partial charge in [-0.15, -0.1) is 0 Å². The molecule has 0 saturated carbocycles. The lowest BCUT2D eigenvalue weighted by molar-refractivity contribution is 0.0561. The fraction of sp³-hybridized carbons (Fsp3) is 0.333. The molecule has 0 fully saturated rings. The predicted octanol–water partition coefficient (Wildman–Crippen LogP) is -1.77. The molecule has 0 rings (SSSR count). The molecule has 0 saturated heterocycles. The van der Waals surface area contributed by atoms with Crippen molar-refractivity contribution in [2.24, 2.45) is 0 Å². The minimum atomic E-state index is -6.18. The van der Waals surface area contributed by atoms with Crippen LogP contribution in [0.15, 0.2) is 25.3 Å². The van der Waals surface area contributed by atoms with E-state index in [2.05, 4.69) is 17.9 Å². The molecule has 0 aromatic heterocycles. The van der Waals surface area contributed by atoms with Crippen molar-refractivity contribution in [3.8, 4) is 0 Å². The third-order valence-electron chi connectivity index (χ3n) is 2.22. The maximum absolute atomic E-state index is 11.2. The Morgan fingerprint density at radius 2 is 0.783 bits per heavy atom. The molecule has 0 aromatic rings. The molecule has 0 aliphatic carbocycles. The second-order valence-electron chi connectivity index (χ2n) is 3.62. The molecule has 0 spiro atoms. The van der Waals surface area contributed by atoms with Crippen molar-refractivity contribution in [3.05, 3.63) is 25.3 Å². The standard InChI is InChI=1S/C6H10O13S4/c1-3-5(20(7,8)9,21(10,11)12)19-6(4-2,22(13,14)15)23(16,17)18/h3-4H,1-2H2,(H,7,8,9)(H,10,11,12)(H,13,14,15)(H,16,17,18). The molecule has 13 nitrogen and oxygen atoms in total. The number of rotatable bonds is 8. The maximum atomic E-state index is 11.2. The van der Waals surface area contributed by atoms with Gasteiger partial charge in [-0.25, -0.2) is 0 Å². The zero-order chi connectivity index (χ0) is 19.1. The van der Waals surface area contributed by atoms with Crippen LogP contribution in [0.4, 0.5) is 0 Å². The molecule has 23 heavy (non-hydrogen) atoms. The molecule has 0 amide bonds. The lowest BCUT2D eigenvalue weighted by atomic mass is 10.6. The van der Waals surface area contributed by atoms with Crippen LogP contribution in [0.25, 0.3) is 0 Å². The zero-order valence-corrected chi connectivity index (χ0v) is 13.9. The van der Waals surface area contributed by atoms with E-state index in [9.17, 15) is 33.7 Å². The van der Waals surface area contributed by atoms with Gasteiger partial charge < -0.3 is 0 Å². The van der Waals surface area contributed by atoms with Gasteiger partial charge >= 0.3 is 49.0 Å². The Kier molecular flexibility index (Phi) is 5.63. The summed E-state index contributed by atoms with van der Waals surface area (Å²) < 4.78 is 120. The zero-order valence-electron chi connectivity index (χ0n) is 10.7. The second kappa shape index (κ2) is 5.86. The summed E-state index contributed by atoms with van der Waals surface area (Å²) >= 11 is 0. The van der Waals surface area contributed by atoms with Crippen molar-refractivity contribution in [1.82, 2.24) is 0 Å². The first-order chi connectivity index (χ1) is 9.83. The van der Waals surface area contributed by atoms with Gasteiger partial charge in [-0.3, -0.25) is 22.9 Å². The Bertz CT molecular complexity index is 774. The first kappa shape index (κ1) is 22.1. The Morgan fingerprint density at radius 3 is 0.870 bits per heavy atom. The third-order valence-corrected chi connectivity index (χ3v) is 8.63. The van der Waals surface area contributed by atoms with Crippen LogP contribution in [0.5, 0.6) is 0 Å². The molecule has 136 valence electrons. The Labute approximate surface area is 131 Å². The quantitative estimate of drug-likeness (QED) is 0.253. The van der Waals surface area contributed by atoms with Crippen molar-refractivity contribution >= 4 is 40.5 Å². The highest BCUT2D eigenvalue weighted by Crippen LogP contribution is 2.37. The van der Waals surface area contributed by atoms with Gasteiger partial charge in [0.05, 0.1) is 0 Å². The topological polar surface area (TPSA) is 227 Å². The highest BCUT2D eigenvalue weighted by Gasteiger charge is 2.66. The first-order valence-electron chi connectivity index (χ1n) is 4.68. The summed E-state index contributed by atoms with van der Waals surface area (Å²) in [5.74, 6) is 0. The summed E-state index contributed by atoms with van der Waals surface area (Å²) in [4.78, 5) is 0. The molecule has 0 radical (unpaired) electrons. The van der Waals surface area contributed by atoms with E-state index in [0.717, 1.165) is 0 Å². The first-order valence-corrected chi connectivity index (χ1v) is 10.4. The van der Waals surface area contributed by atoms with Crippen LogP contribution >= 0.6 is 0 Å². The predicted molar refractivity (Wildman–Crippen MR) is 73.1 cm³/mol. The fourth-order valence-electron chi connectivity index (χ4n) is 1.18. The molecule has 0 aliphatic heterocycles. The van der Waals surface area contributed by atoms with Gasteiger partial charge in [-0.05, 0) is 12.2 Å². The molecular formula is C6H10O13S4. The van der Waals surface area contributed by atoms with Crippen molar-refractivity contribution in [2.45, 2.75) is 8.53 Å². The van der Waals surface area contributed by atoms with E-state index in [4.69, 9.17) is 18.2 Å². The molecule has 0 heterocycles. The molecule has 4 N–H and O–H groups in total. The van der Waals surface area contributed by atoms with Gasteiger partial charge in [0.15, 0.2) is 0 Å². The van der Waals surface area contributed by atoms with Crippen LogP contribution in [0, 0.1) is 0 Å². The van der Waals surface area contributed by atoms with Crippen LogP contribution in [-0.4, -0.2) is 60.4 Å². The third kappa shape index (κ3) is 3.46. The lowest BCUT2D eigenvalue weighted by Crippen LogP contribution is -2.58. The number of ether oxygens (including phenoxy) is 1. The average molecular weight is 418 g/mol. The van der Waals surface area contributed by atoms with Crippen LogP contribution in [0.3, 0.4) is 0 Å². The van der Waals surface area contributed by atoms with E-state index in [1.807, 2.05) is 0 Å². The van der Waals surface area contributed by atoms with E-state index >= 15 is 0 Å². The highest BCUT2D eigenvalue weighted by atomic mass is 32.3. The number of hydrogen-bond acceptors (Lipinski definition) is 9. The molecule has 0 aromatic carbocycles. The van der Waals surface area contributed by atoms with Crippen LogP contribution in [-0.2, 0) is 45.2 Å². The lowest BCUT2D eigenvalue weighted by Gasteiger charge is -2.32. The summed E-state index contributed by atoms with van der Waals surface area (Å²) in [5.41, 5.74) is 0. The second-order valence-corrected chi connectivity index (χ2v) is 10.4. The minimum Gasteiger partial charge on any atom is -0.296 e. The Morgan fingerprint density at radius 1 is 0.609 bits per heavy atom.